The number of hydrogen-bond donors (Lipinski definition) is 1. The standard InChI is InChI=1S/C9H16NO.C6H9NO4.CH3.K/c1-3-5-6-7-8-10-9(11)4-2;1-7(11-5-9)6(10)3-2-4-8;;/h2,4H,3,5-8H2,1H3,(H,10,11);4-5H,2-3H2,1H3;1H3;/q-1;;-1;+1. The molecule has 134 valence electrons. The van der Waals surface area contributed by atoms with Crippen molar-refractivity contribution in [2.45, 2.75) is 45.4 Å². The summed E-state index contributed by atoms with van der Waals surface area (Å²) in [5.41, 5.74) is 0. The number of carbonyl (C=O) groups is 4. The van der Waals surface area contributed by atoms with Crippen molar-refractivity contribution in [1.82, 2.24) is 10.4 Å². The third-order valence-electron chi connectivity index (χ3n) is 2.51. The van der Waals surface area contributed by atoms with Gasteiger partial charge in [0.15, 0.2) is 0 Å². The molecule has 0 heterocycles. The molecule has 0 aliphatic heterocycles. The fraction of sp³-hybridized carbons (Fsp3) is 0.562. The predicted octanol–water partition coefficient (Wildman–Crippen LogP) is -1.36. The van der Waals surface area contributed by atoms with Crippen LogP contribution in [0.3, 0.4) is 0 Å². The summed E-state index contributed by atoms with van der Waals surface area (Å²) in [5.74, 6) is -0.578. The Kier molecular flexibility index (Phi) is 32.2. The summed E-state index contributed by atoms with van der Waals surface area (Å²) in [5, 5.41) is 3.46. The summed E-state index contributed by atoms with van der Waals surface area (Å²) in [7, 11) is 1.31. The molecular weight excluding hydrogens is 339 g/mol. The van der Waals surface area contributed by atoms with Crippen molar-refractivity contribution < 1.29 is 75.4 Å². The van der Waals surface area contributed by atoms with E-state index >= 15 is 0 Å². The van der Waals surface area contributed by atoms with Gasteiger partial charge < -0.3 is 27.2 Å². The minimum Gasteiger partial charge on any atom is -0.430 e. The van der Waals surface area contributed by atoms with E-state index in [4.69, 9.17) is 6.58 Å². The number of aldehydes is 1. The number of hydrogen-bond acceptors (Lipinski definition) is 5. The molecule has 0 aromatic rings. The van der Waals surface area contributed by atoms with Crippen LogP contribution in [0.15, 0.2) is 6.08 Å². The average molecular weight is 368 g/mol. The molecule has 0 spiro atoms. The molecule has 0 saturated carbocycles. The Balaban J connectivity index is -0.000000154. The van der Waals surface area contributed by atoms with Gasteiger partial charge in [0.05, 0.1) is 5.91 Å². The maximum absolute atomic E-state index is 10.8. The van der Waals surface area contributed by atoms with E-state index in [2.05, 4.69) is 17.1 Å². The van der Waals surface area contributed by atoms with E-state index in [0.717, 1.165) is 24.1 Å². The molecule has 0 saturated heterocycles. The second-order valence-corrected chi connectivity index (χ2v) is 4.32. The second kappa shape index (κ2) is 24.7. The first-order valence-electron chi connectivity index (χ1n) is 7.16. The summed E-state index contributed by atoms with van der Waals surface area (Å²) >= 11 is 0. The average Bonchev–Trinajstić information content (AvgIpc) is 2.52. The van der Waals surface area contributed by atoms with Crippen LogP contribution in [-0.2, 0) is 24.0 Å². The fourth-order valence-corrected chi connectivity index (χ4v) is 1.29. The molecular formula is C16H28KN2O5-. The van der Waals surface area contributed by atoms with Crippen molar-refractivity contribution in [2.24, 2.45) is 0 Å². The Morgan fingerprint density at radius 1 is 1.21 bits per heavy atom. The molecule has 24 heavy (non-hydrogen) atoms. The van der Waals surface area contributed by atoms with Gasteiger partial charge in [0.2, 0.25) is 0 Å². The molecule has 0 aromatic heterocycles. The molecule has 8 heteroatoms. The number of hydroxylamine groups is 2. The maximum Gasteiger partial charge on any atom is 1.00 e. The number of nitrogens with one attached hydrogen (secondary N) is 1. The Labute approximate surface area is 187 Å². The van der Waals surface area contributed by atoms with Crippen molar-refractivity contribution >= 4 is 24.6 Å². The first-order chi connectivity index (χ1) is 10.5. The van der Waals surface area contributed by atoms with Crippen LogP contribution in [0.4, 0.5) is 0 Å². The van der Waals surface area contributed by atoms with Gasteiger partial charge >= 0.3 is 57.9 Å². The van der Waals surface area contributed by atoms with Gasteiger partial charge in [-0.15, -0.1) is 0 Å². The molecule has 0 atom stereocenters. The zero-order valence-corrected chi connectivity index (χ0v) is 18.4. The molecule has 0 fully saturated rings. The number of carbonyl (C=O) groups excluding carboxylic acids is 4. The molecule has 0 aliphatic rings. The third-order valence-corrected chi connectivity index (χ3v) is 2.51. The van der Waals surface area contributed by atoms with Gasteiger partial charge in [-0.3, -0.25) is 16.2 Å². The van der Waals surface area contributed by atoms with E-state index < -0.39 is 5.91 Å². The summed E-state index contributed by atoms with van der Waals surface area (Å²) in [6.45, 7) is 8.03. The number of nitrogens with zero attached hydrogens (tertiary/aromatic N) is 1. The minimum absolute atomic E-state index is 0. The van der Waals surface area contributed by atoms with Gasteiger partial charge in [-0.05, 0) is 6.42 Å². The topological polar surface area (TPSA) is 92.8 Å². The van der Waals surface area contributed by atoms with Gasteiger partial charge in [-0.25, -0.2) is 0 Å². The number of amides is 2. The molecule has 2 amide bonds. The molecule has 0 aliphatic carbocycles. The normalized spacial score (nSPS) is 8.08. The van der Waals surface area contributed by atoms with Gasteiger partial charge in [0.1, 0.15) is 6.29 Å². The minimum atomic E-state index is -0.399. The zero-order chi connectivity index (χ0) is 17.2. The third kappa shape index (κ3) is 23.7. The van der Waals surface area contributed by atoms with Crippen LogP contribution < -0.4 is 56.7 Å². The van der Waals surface area contributed by atoms with Crippen LogP contribution in [0.5, 0.6) is 0 Å². The second-order valence-electron chi connectivity index (χ2n) is 4.32. The number of rotatable bonds is 11. The van der Waals surface area contributed by atoms with Crippen molar-refractivity contribution in [1.29, 1.82) is 0 Å². The van der Waals surface area contributed by atoms with Gasteiger partial charge in [0, 0.05) is 26.4 Å². The molecule has 0 radical (unpaired) electrons. The van der Waals surface area contributed by atoms with E-state index in [1.165, 1.54) is 26.3 Å². The van der Waals surface area contributed by atoms with Crippen LogP contribution in [0.2, 0.25) is 0 Å². The van der Waals surface area contributed by atoms with Crippen molar-refractivity contribution in [3.63, 3.8) is 0 Å². The smallest absolute Gasteiger partial charge is 0.430 e. The van der Waals surface area contributed by atoms with Gasteiger partial charge in [0.25, 0.3) is 5.91 Å². The molecule has 0 rings (SSSR count). The van der Waals surface area contributed by atoms with Crippen LogP contribution in [0, 0.1) is 14.0 Å². The first-order valence-corrected chi connectivity index (χ1v) is 7.16. The van der Waals surface area contributed by atoms with Crippen molar-refractivity contribution in [3.05, 3.63) is 20.1 Å². The monoisotopic (exact) mass is 367 g/mol. The van der Waals surface area contributed by atoms with Gasteiger partial charge in [-0.1, -0.05) is 26.2 Å². The molecule has 7 nitrogen and oxygen atoms in total. The Bertz CT molecular complexity index is 351. The van der Waals surface area contributed by atoms with Crippen LogP contribution in [0.1, 0.15) is 45.4 Å². The SMILES string of the molecule is CN(OC=O)C(=O)CCC=O.[CH-]=CC(=O)NCCCCCC.[CH3-].[K+]. The van der Waals surface area contributed by atoms with E-state index in [9.17, 15) is 19.2 Å². The summed E-state index contributed by atoms with van der Waals surface area (Å²) in [4.78, 5) is 45.0. The van der Waals surface area contributed by atoms with E-state index in [0.29, 0.717) is 6.29 Å². The van der Waals surface area contributed by atoms with E-state index in [-0.39, 0.29) is 84.0 Å². The molecule has 0 aromatic carbocycles. The molecule has 1 N–H and O–H groups in total. The maximum atomic E-state index is 10.8. The van der Waals surface area contributed by atoms with E-state index in [1.54, 1.807) is 0 Å². The van der Waals surface area contributed by atoms with Crippen LogP contribution >= 0.6 is 0 Å². The Morgan fingerprint density at radius 3 is 2.29 bits per heavy atom. The van der Waals surface area contributed by atoms with Crippen molar-refractivity contribution in [3.8, 4) is 0 Å². The number of unbranched alkanes of at least 4 members (excludes halogenated alkanes) is 3. The summed E-state index contributed by atoms with van der Waals surface area (Å²) in [6, 6.07) is 0. The van der Waals surface area contributed by atoms with Crippen LogP contribution in [-0.4, -0.2) is 43.2 Å². The van der Waals surface area contributed by atoms with E-state index in [1.807, 2.05) is 0 Å². The fourth-order valence-electron chi connectivity index (χ4n) is 1.29. The quantitative estimate of drug-likeness (QED) is 0.122. The Morgan fingerprint density at radius 2 is 1.83 bits per heavy atom. The predicted molar refractivity (Wildman–Crippen MR) is 87.7 cm³/mol. The summed E-state index contributed by atoms with van der Waals surface area (Å²) in [6.07, 6.45) is 6.58. The molecule has 0 bridgehead atoms. The first kappa shape index (κ1) is 31.2. The summed E-state index contributed by atoms with van der Waals surface area (Å²) < 4.78 is 0. The molecule has 0 unspecified atom stereocenters. The zero-order valence-electron chi connectivity index (χ0n) is 15.2. The Hall–Kier alpha value is -0.544. The van der Waals surface area contributed by atoms with Crippen LogP contribution in [0.25, 0.3) is 0 Å². The van der Waals surface area contributed by atoms with Crippen molar-refractivity contribution in [2.75, 3.05) is 13.6 Å². The largest absolute Gasteiger partial charge is 1.00 e. The van der Waals surface area contributed by atoms with Gasteiger partial charge in [-0.2, -0.15) is 11.1 Å².